The highest BCUT2D eigenvalue weighted by molar-refractivity contribution is 5.86. The summed E-state index contributed by atoms with van der Waals surface area (Å²) in [5.74, 6) is -0.0919. The number of aliphatic hydroxyl groups excluding tert-OH is 1. The van der Waals surface area contributed by atoms with E-state index >= 15 is 0 Å². The number of hydrogen-bond acceptors (Lipinski definition) is 4. The van der Waals surface area contributed by atoms with Gasteiger partial charge in [0.15, 0.2) is 5.60 Å². The third kappa shape index (κ3) is 3.95. The number of carbonyl (C=O) groups is 2. The van der Waals surface area contributed by atoms with Crippen molar-refractivity contribution in [2.24, 2.45) is 11.8 Å². The van der Waals surface area contributed by atoms with Gasteiger partial charge in [0, 0.05) is 19.6 Å². The predicted molar refractivity (Wildman–Crippen MR) is 77.3 cm³/mol. The molecule has 0 aromatic carbocycles. The normalized spacial score (nSPS) is 26.9. The van der Waals surface area contributed by atoms with Crippen LogP contribution in [0.15, 0.2) is 0 Å². The fourth-order valence-electron chi connectivity index (χ4n) is 2.59. The van der Waals surface area contributed by atoms with E-state index in [-0.39, 0.29) is 11.8 Å². The van der Waals surface area contributed by atoms with Crippen molar-refractivity contribution >= 4 is 11.8 Å². The Morgan fingerprint density at radius 1 is 1.38 bits per heavy atom. The molecule has 0 bridgehead atoms. The highest BCUT2D eigenvalue weighted by Gasteiger charge is 2.41. The zero-order chi connectivity index (χ0) is 15.6. The second-order valence-corrected chi connectivity index (χ2v) is 6.60. The number of rotatable bonds is 5. The lowest BCUT2D eigenvalue weighted by atomic mass is 9.93. The number of nitrogens with one attached hydrogen (secondary N) is 1. The van der Waals surface area contributed by atoms with Crippen molar-refractivity contribution < 1.29 is 19.8 Å². The summed E-state index contributed by atoms with van der Waals surface area (Å²) in [6, 6.07) is 0. The van der Waals surface area contributed by atoms with Gasteiger partial charge in [-0.25, -0.2) is 0 Å². The molecular weight excluding hydrogens is 272 g/mol. The quantitative estimate of drug-likeness (QED) is 0.660. The first kappa shape index (κ1) is 16.2. The van der Waals surface area contributed by atoms with Crippen molar-refractivity contribution in [1.82, 2.24) is 10.2 Å². The summed E-state index contributed by atoms with van der Waals surface area (Å²) in [5, 5.41) is 22.6. The summed E-state index contributed by atoms with van der Waals surface area (Å²) >= 11 is 0. The average Bonchev–Trinajstić information content (AvgIpc) is 3.28. The van der Waals surface area contributed by atoms with Crippen LogP contribution in [0.1, 0.15) is 39.5 Å². The van der Waals surface area contributed by atoms with E-state index in [0.29, 0.717) is 19.0 Å². The Morgan fingerprint density at radius 3 is 2.62 bits per heavy atom. The van der Waals surface area contributed by atoms with Gasteiger partial charge in [-0.1, -0.05) is 0 Å². The summed E-state index contributed by atoms with van der Waals surface area (Å²) in [6.45, 7) is 4.28. The van der Waals surface area contributed by atoms with Crippen LogP contribution < -0.4 is 5.32 Å². The number of piperidine rings is 1. The Morgan fingerprint density at radius 2 is 2.05 bits per heavy atom. The molecular formula is C15H26N2O4. The number of carbonyl (C=O) groups excluding carboxylic acids is 2. The van der Waals surface area contributed by atoms with Gasteiger partial charge in [0.1, 0.15) is 0 Å². The zero-order valence-corrected chi connectivity index (χ0v) is 12.8. The van der Waals surface area contributed by atoms with E-state index in [0.717, 1.165) is 19.4 Å². The SMILES string of the molecule is CC(O)C(C)(O)C(=O)N1CCCC(C(=O)NCC2CC2)C1. The number of likely N-dealkylation sites (tertiary alicyclic amines) is 1. The minimum atomic E-state index is -1.80. The van der Waals surface area contributed by atoms with Gasteiger partial charge in [0.25, 0.3) is 5.91 Å². The van der Waals surface area contributed by atoms with E-state index < -0.39 is 17.6 Å². The minimum Gasteiger partial charge on any atom is -0.390 e. The van der Waals surface area contributed by atoms with Crippen LogP contribution in [0.3, 0.4) is 0 Å². The first-order chi connectivity index (χ1) is 9.82. The van der Waals surface area contributed by atoms with Crippen LogP contribution in [0, 0.1) is 11.8 Å². The van der Waals surface area contributed by atoms with Crippen LogP contribution in [-0.4, -0.2) is 58.3 Å². The molecule has 1 saturated carbocycles. The van der Waals surface area contributed by atoms with Crippen molar-refractivity contribution in [1.29, 1.82) is 0 Å². The highest BCUT2D eigenvalue weighted by Crippen LogP contribution is 2.28. The van der Waals surface area contributed by atoms with Gasteiger partial charge in [-0.3, -0.25) is 9.59 Å². The molecule has 2 amide bonds. The van der Waals surface area contributed by atoms with E-state index in [1.165, 1.54) is 31.6 Å². The Kier molecular flexibility index (Phi) is 4.88. The average molecular weight is 298 g/mol. The maximum atomic E-state index is 12.3. The van der Waals surface area contributed by atoms with E-state index in [1.807, 2.05) is 0 Å². The van der Waals surface area contributed by atoms with Gasteiger partial charge < -0.3 is 20.4 Å². The van der Waals surface area contributed by atoms with Crippen molar-refractivity contribution in [3.63, 3.8) is 0 Å². The van der Waals surface area contributed by atoms with Gasteiger partial charge in [0.05, 0.1) is 12.0 Å². The van der Waals surface area contributed by atoms with Gasteiger partial charge in [-0.15, -0.1) is 0 Å². The number of amides is 2. The topological polar surface area (TPSA) is 89.9 Å². The summed E-state index contributed by atoms with van der Waals surface area (Å²) in [7, 11) is 0. The lowest BCUT2D eigenvalue weighted by Gasteiger charge is -2.37. The third-order valence-corrected chi connectivity index (χ3v) is 4.59. The van der Waals surface area contributed by atoms with E-state index in [9.17, 15) is 19.8 Å². The third-order valence-electron chi connectivity index (χ3n) is 4.59. The molecule has 3 unspecified atom stereocenters. The Bertz CT molecular complexity index is 404. The van der Waals surface area contributed by atoms with E-state index in [4.69, 9.17) is 0 Å². The fourth-order valence-corrected chi connectivity index (χ4v) is 2.59. The second kappa shape index (κ2) is 6.32. The standard InChI is InChI=1S/C15H26N2O4/c1-10(18)15(2,21)14(20)17-7-3-4-12(9-17)13(19)16-8-11-5-6-11/h10-12,18,21H,3-9H2,1-2H3,(H,16,19). The largest absolute Gasteiger partial charge is 0.390 e. The molecule has 1 aliphatic carbocycles. The number of aliphatic hydroxyl groups is 2. The smallest absolute Gasteiger partial charge is 0.256 e. The first-order valence-electron chi connectivity index (χ1n) is 7.80. The molecule has 0 aromatic heterocycles. The molecule has 2 rings (SSSR count). The fraction of sp³-hybridized carbons (Fsp3) is 0.867. The van der Waals surface area contributed by atoms with Gasteiger partial charge >= 0.3 is 0 Å². The molecule has 120 valence electrons. The van der Waals surface area contributed by atoms with Crippen LogP contribution in [0.25, 0.3) is 0 Å². The van der Waals surface area contributed by atoms with E-state index in [1.54, 1.807) is 0 Å². The molecule has 3 N–H and O–H groups in total. The highest BCUT2D eigenvalue weighted by atomic mass is 16.4. The monoisotopic (exact) mass is 298 g/mol. The molecule has 0 spiro atoms. The van der Waals surface area contributed by atoms with Gasteiger partial charge in [0.2, 0.25) is 5.91 Å². The molecule has 3 atom stereocenters. The van der Waals surface area contributed by atoms with Gasteiger partial charge in [-0.05, 0) is 45.4 Å². The summed E-state index contributed by atoms with van der Waals surface area (Å²) in [5.41, 5.74) is -1.80. The molecule has 6 heteroatoms. The van der Waals surface area contributed by atoms with Crippen molar-refractivity contribution in [3.8, 4) is 0 Å². The number of nitrogens with zero attached hydrogens (tertiary/aromatic N) is 1. The molecule has 0 radical (unpaired) electrons. The van der Waals surface area contributed by atoms with Crippen molar-refractivity contribution in [2.75, 3.05) is 19.6 Å². The summed E-state index contributed by atoms with van der Waals surface area (Å²) in [4.78, 5) is 25.9. The molecule has 2 fully saturated rings. The van der Waals surface area contributed by atoms with Gasteiger partial charge in [-0.2, -0.15) is 0 Å². The van der Waals surface area contributed by atoms with Crippen molar-refractivity contribution in [2.45, 2.75) is 51.2 Å². The van der Waals surface area contributed by atoms with Crippen molar-refractivity contribution in [3.05, 3.63) is 0 Å². The van der Waals surface area contributed by atoms with E-state index in [2.05, 4.69) is 5.32 Å². The Hall–Kier alpha value is -1.14. The second-order valence-electron chi connectivity index (χ2n) is 6.60. The minimum absolute atomic E-state index is 0.00362. The molecule has 6 nitrogen and oxygen atoms in total. The summed E-state index contributed by atoms with van der Waals surface area (Å²) in [6.07, 6.45) is 2.73. The maximum absolute atomic E-state index is 12.3. The molecule has 0 aromatic rings. The van der Waals surface area contributed by atoms with Crippen LogP contribution >= 0.6 is 0 Å². The molecule has 21 heavy (non-hydrogen) atoms. The zero-order valence-electron chi connectivity index (χ0n) is 12.8. The first-order valence-corrected chi connectivity index (χ1v) is 7.80. The molecule has 1 aliphatic heterocycles. The maximum Gasteiger partial charge on any atom is 0.256 e. The number of hydrogen-bond donors (Lipinski definition) is 3. The molecule has 2 aliphatic rings. The Labute approximate surface area is 125 Å². The lowest BCUT2D eigenvalue weighted by Crippen LogP contribution is -2.56. The van der Waals surface area contributed by atoms with Crippen LogP contribution in [-0.2, 0) is 9.59 Å². The van der Waals surface area contributed by atoms with Crippen LogP contribution in [0.4, 0.5) is 0 Å². The summed E-state index contributed by atoms with van der Waals surface area (Å²) < 4.78 is 0. The predicted octanol–water partition coefficient (Wildman–Crippen LogP) is -0.117. The lowest BCUT2D eigenvalue weighted by molar-refractivity contribution is -0.162. The molecule has 1 saturated heterocycles. The van der Waals surface area contributed by atoms with Crippen LogP contribution in [0.2, 0.25) is 0 Å². The van der Waals surface area contributed by atoms with Crippen LogP contribution in [0.5, 0.6) is 0 Å². The Balaban J connectivity index is 1.90. The molecule has 1 heterocycles.